The number of phenols is 1. The molecule has 0 aromatic heterocycles. The molecule has 2 aromatic carbocycles. The largest absolute Gasteiger partial charge is 0.507 e. The Morgan fingerprint density at radius 1 is 0.864 bits per heavy atom. The molecule has 0 heterocycles. The molecule has 2 aromatic rings. The molecule has 0 unspecified atom stereocenters. The van der Waals surface area contributed by atoms with Crippen LogP contribution in [0.15, 0.2) is 48.5 Å². The minimum absolute atomic E-state index is 0.00918. The van der Waals surface area contributed by atoms with Crippen LogP contribution in [0.5, 0.6) is 11.5 Å². The van der Waals surface area contributed by atoms with Gasteiger partial charge in [0.2, 0.25) is 0 Å². The Balaban J connectivity index is 2.21. The molecule has 2 rings (SSSR count). The standard InChI is InChI=1S/C16H12O6/c1-10(17)21-14-9-5-3-7-12(14)16(20)22-15(19)11-6-2-4-8-13(11)18/h2-9,18H,1H3. The minimum atomic E-state index is -0.999. The van der Waals surface area contributed by atoms with Crippen LogP contribution in [0.1, 0.15) is 27.6 Å². The van der Waals surface area contributed by atoms with E-state index in [2.05, 4.69) is 0 Å². The van der Waals surface area contributed by atoms with Gasteiger partial charge in [0.25, 0.3) is 0 Å². The lowest BCUT2D eigenvalue weighted by molar-refractivity contribution is -0.131. The Kier molecular flexibility index (Phi) is 4.53. The summed E-state index contributed by atoms with van der Waals surface area (Å²) in [6, 6.07) is 11.5. The number of ether oxygens (including phenoxy) is 2. The molecule has 0 bridgehead atoms. The zero-order chi connectivity index (χ0) is 16.1. The van der Waals surface area contributed by atoms with E-state index in [1.807, 2.05) is 0 Å². The first-order chi connectivity index (χ1) is 10.5. The van der Waals surface area contributed by atoms with Gasteiger partial charge in [-0.05, 0) is 24.3 Å². The van der Waals surface area contributed by atoms with Crippen molar-refractivity contribution in [2.24, 2.45) is 0 Å². The highest BCUT2D eigenvalue weighted by Gasteiger charge is 2.21. The molecule has 22 heavy (non-hydrogen) atoms. The third kappa shape index (κ3) is 3.49. The van der Waals surface area contributed by atoms with Crippen LogP contribution in [0, 0.1) is 0 Å². The van der Waals surface area contributed by atoms with E-state index in [1.165, 1.54) is 49.4 Å². The fraction of sp³-hybridized carbons (Fsp3) is 0.0625. The van der Waals surface area contributed by atoms with Gasteiger partial charge in [-0.15, -0.1) is 0 Å². The number of hydrogen-bond acceptors (Lipinski definition) is 6. The number of benzene rings is 2. The first kappa shape index (κ1) is 15.2. The SMILES string of the molecule is CC(=O)Oc1ccccc1C(=O)OC(=O)c1ccccc1O. The molecule has 1 N–H and O–H groups in total. The number of para-hydroxylation sites is 2. The van der Waals surface area contributed by atoms with E-state index in [4.69, 9.17) is 9.47 Å². The lowest BCUT2D eigenvalue weighted by Crippen LogP contribution is -2.15. The molecule has 6 nitrogen and oxygen atoms in total. The smallest absolute Gasteiger partial charge is 0.349 e. The lowest BCUT2D eigenvalue weighted by atomic mass is 10.2. The summed E-state index contributed by atoms with van der Waals surface area (Å²) in [7, 11) is 0. The molecule has 0 saturated heterocycles. The lowest BCUT2D eigenvalue weighted by Gasteiger charge is -2.08. The van der Waals surface area contributed by atoms with Crippen molar-refractivity contribution in [3.63, 3.8) is 0 Å². The van der Waals surface area contributed by atoms with E-state index in [-0.39, 0.29) is 22.6 Å². The van der Waals surface area contributed by atoms with E-state index in [0.717, 1.165) is 0 Å². The van der Waals surface area contributed by atoms with Crippen LogP contribution in [0.3, 0.4) is 0 Å². The molecular formula is C16H12O6. The third-order valence-corrected chi connectivity index (χ3v) is 2.67. The number of esters is 3. The van der Waals surface area contributed by atoms with E-state index in [1.54, 1.807) is 6.07 Å². The van der Waals surface area contributed by atoms with Crippen LogP contribution < -0.4 is 4.74 Å². The Morgan fingerprint density at radius 2 is 1.41 bits per heavy atom. The number of hydrogen-bond donors (Lipinski definition) is 1. The molecule has 0 spiro atoms. The zero-order valence-electron chi connectivity index (χ0n) is 11.6. The molecule has 0 aliphatic carbocycles. The summed E-state index contributed by atoms with van der Waals surface area (Å²) in [6.07, 6.45) is 0. The molecule has 0 radical (unpaired) electrons. The van der Waals surface area contributed by atoms with Gasteiger partial charge < -0.3 is 14.6 Å². The number of phenolic OH excluding ortho intramolecular Hbond substituents is 1. The molecule has 0 aliphatic rings. The third-order valence-electron chi connectivity index (χ3n) is 2.67. The van der Waals surface area contributed by atoms with Crippen LogP contribution in [-0.2, 0) is 9.53 Å². The van der Waals surface area contributed by atoms with Gasteiger partial charge in [-0.25, -0.2) is 9.59 Å². The summed E-state index contributed by atoms with van der Waals surface area (Å²) in [6.45, 7) is 1.19. The van der Waals surface area contributed by atoms with Gasteiger partial charge in [0.15, 0.2) is 0 Å². The molecule has 0 atom stereocenters. The van der Waals surface area contributed by atoms with E-state index in [0.29, 0.717) is 0 Å². The monoisotopic (exact) mass is 300 g/mol. The summed E-state index contributed by atoms with van der Waals surface area (Å²) in [5, 5.41) is 9.56. The van der Waals surface area contributed by atoms with Crippen LogP contribution >= 0.6 is 0 Å². The molecule has 112 valence electrons. The number of carbonyl (C=O) groups is 3. The quantitative estimate of drug-likeness (QED) is 0.531. The van der Waals surface area contributed by atoms with Crippen molar-refractivity contribution in [2.75, 3.05) is 0 Å². The van der Waals surface area contributed by atoms with Crippen molar-refractivity contribution in [1.82, 2.24) is 0 Å². The summed E-state index contributed by atoms with van der Waals surface area (Å²) < 4.78 is 9.57. The molecule has 0 saturated carbocycles. The molecular weight excluding hydrogens is 288 g/mol. The number of aromatic hydroxyl groups is 1. The zero-order valence-corrected chi connectivity index (χ0v) is 11.6. The van der Waals surface area contributed by atoms with Crippen LogP contribution in [0.25, 0.3) is 0 Å². The van der Waals surface area contributed by atoms with Crippen molar-refractivity contribution in [3.05, 3.63) is 59.7 Å². The Bertz CT molecular complexity index is 735. The van der Waals surface area contributed by atoms with E-state index < -0.39 is 17.9 Å². The highest BCUT2D eigenvalue weighted by atomic mass is 16.6. The maximum absolute atomic E-state index is 12.0. The first-order valence-corrected chi connectivity index (χ1v) is 6.31. The summed E-state index contributed by atoms with van der Waals surface area (Å²) in [5.74, 6) is -2.89. The number of rotatable bonds is 3. The van der Waals surface area contributed by atoms with Gasteiger partial charge >= 0.3 is 17.9 Å². The van der Waals surface area contributed by atoms with Crippen molar-refractivity contribution < 1.29 is 29.0 Å². The highest BCUT2D eigenvalue weighted by Crippen LogP contribution is 2.21. The Morgan fingerprint density at radius 3 is 2.05 bits per heavy atom. The maximum Gasteiger partial charge on any atom is 0.349 e. The van der Waals surface area contributed by atoms with Gasteiger partial charge in [-0.3, -0.25) is 4.79 Å². The van der Waals surface area contributed by atoms with Crippen molar-refractivity contribution in [2.45, 2.75) is 6.92 Å². The average Bonchev–Trinajstić information content (AvgIpc) is 2.47. The summed E-state index contributed by atoms with van der Waals surface area (Å²) >= 11 is 0. The Labute approximate surface area is 125 Å². The molecule has 6 heteroatoms. The van der Waals surface area contributed by atoms with Gasteiger partial charge in [-0.2, -0.15) is 0 Å². The summed E-state index contributed by atoms with van der Waals surface area (Å²) in [4.78, 5) is 34.9. The molecule has 0 aliphatic heterocycles. The van der Waals surface area contributed by atoms with Crippen LogP contribution in [0.4, 0.5) is 0 Å². The molecule has 0 fully saturated rings. The van der Waals surface area contributed by atoms with Crippen molar-refractivity contribution >= 4 is 17.9 Å². The second-order valence-corrected chi connectivity index (χ2v) is 4.28. The fourth-order valence-corrected chi connectivity index (χ4v) is 1.72. The average molecular weight is 300 g/mol. The first-order valence-electron chi connectivity index (χ1n) is 6.31. The van der Waals surface area contributed by atoms with E-state index in [9.17, 15) is 19.5 Å². The normalized spacial score (nSPS) is 9.86. The van der Waals surface area contributed by atoms with Crippen molar-refractivity contribution in [1.29, 1.82) is 0 Å². The van der Waals surface area contributed by atoms with Gasteiger partial charge in [-0.1, -0.05) is 24.3 Å². The van der Waals surface area contributed by atoms with Gasteiger partial charge in [0.05, 0.1) is 0 Å². The minimum Gasteiger partial charge on any atom is -0.507 e. The van der Waals surface area contributed by atoms with Crippen LogP contribution in [0.2, 0.25) is 0 Å². The van der Waals surface area contributed by atoms with Gasteiger partial charge in [0.1, 0.15) is 22.6 Å². The summed E-state index contributed by atoms with van der Waals surface area (Å²) in [5.41, 5.74) is -0.206. The fourth-order valence-electron chi connectivity index (χ4n) is 1.72. The predicted molar refractivity (Wildman–Crippen MR) is 75.6 cm³/mol. The number of carbonyl (C=O) groups excluding carboxylic acids is 3. The highest BCUT2D eigenvalue weighted by molar-refractivity contribution is 6.05. The molecule has 0 amide bonds. The van der Waals surface area contributed by atoms with E-state index >= 15 is 0 Å². The predicted octanol–water partition coefficient (Wildman–Crippen LogP) is 2.31. The maximum atomic E-state index is 12.0. The Hall–Kier alpha value is -3.15. The second kappa shape index (κ2) is 6.53. The van der Waals surface area contributed by atoms with Gasteiger partial charge in [0, 0.05) is 6.92 Å². The van der Waals surface area contributed by atoms with Crippen LogP contribution in [-0.4, -0.2) is 23.0 Å². The topological polar surface area (TPSA) is 89.9 Å². The second-order valence-electron chi connectivity index (χ2n) is 4.28. The van der Waals surface area contributed by atoms with Crippen molar-refractivity contribution in [3.8, 4) is 11.5 Å².